The molecular weight excluding hydrogens is 359 g/mol. The fourth-order valence-corrected chi connectivity index (χ4v) is 2.99. The highest BCUT2D eigenvalue weighted by Crippen LogP contribution is 2.32. The molecule has 1 saturated heterocycles. The van der Waals surface area contributed by atoms with E-state index in [1.54, 1.807) is 12.3 Å². The van der Waals surface area contributed by atoms with Gasteiger partial charge in [-0.15, -0.1) is 0 Å². The minimum Gasteiger partial charge on any atom is -0.355 e. The smallest absolute Gasteiger partial charge is 0.355 e. The van der Waals surface area contributed by atoms with Crippen molar-refractivity contribution in [2.45, 2.75) is 18.6 Å². The molecule has 1 aromatic carbocycles. The standard InChI is InChI=1S/C18H16F3N5O/c19-18(20,21)13-3-1-2-11(8-13)16-24-17(27-25-16)12-4-5-15(23-9-12)26-7-6-14(22)10-26/h1-5,8-9,14H,6-7,10,22H2. The van der Waals surface area contributed by atoms with Crippen molar-refractivity contribution in [3.63, 3.8) is 0 Å². The van der Waals surface area contributed by atoms with Crippen LogP contribution in [0.4, 0.5) is 19.0 Å². The third kappa shape index (κ3) is 3.63. The molecule has 3 heterocycles. The van der Waals surface area contributed by atoms with Gasteiger partial charge in [-0.25, -0.2) is 4.98 Å². The highest BCUT2D eigenvalue weighted by Gasteiger charge is 2.30. The Kier molecular flexibility index (Phi) is 4.31. The van der Waals surface area contributed by atoms with Crippen molar-refractivity contribution >= 4 is 5.82 Å². The molecule has 2 aromatic heterocycles. The van der Waals surface area contributed by atoms with E-state index in [0.717, 1.165) is 37.5 Å². The van der Waals surface area contributed by atoms with E-state index in [1.165, 1.54) is 12.1 Å². The summed E-state index contributed by atoms with van der Waals surface area (Å²) in [6, 6.07) is 8.58. The minimum atomic E-state index is -4.43. The summed E-state index contributed by atoms with van der Waals surface area (Å²) >= 11 is 0. The van der Waals surface area contributed by atoms with Crippen LogP contribution in [0.5, 0.6) is 0 Å². The number of benzene rings is 1. The lowest BCUT2D eigenvalue weighted by Gasteiger charge is -2.16. The number of hydrogen-bond acceptors (Lipinski definition) is 6. The largest absolute Gasteiger partial charge is 0.416 e. The Morgan fingerprint density at radius 3 is 2.67 bits per heavy atom. The lowest BCUT2D eigenvalue weighted by molar-refractivity contribution is -0.137. The molecule has 4 rings (SSSR count). The van der Waals surface area contributed by atoms with Gasteiger partial charge in [0.25, 0.3) is 5.89 Å². The summed E-state index contributed by atoms with van der Waals surface area (Å²) in [5, 5.41) is 3.79. The first-order chi connectivity index (χ1) is 12.9. The SMILES string of the molecule is NC1CCN(c2ccc(-c3nc(-c4cccc(C(F)(F)F)c4)no3)cn2)C1. The molecule has 9 heteroatoms. The Morgan fingerprint density at radius 1 is 1.15 bits per heavy atom. The summed E-state index contributed by atoms with van der Waals surface area (Å²) in [5.41, 5.74) is 5.97. The monoisotopic (exact) mass is 375 g/mol. The highest BCUT2D eigenvalue weighted by molar-refractivity contribution is 5.61. The quantitative estimate of drug-likeness (QED) is 0.756. The predicted molar refractivity (Wildman–Crippen MR) is 92.8 cm³/mol. The lowest BCUT2D eigenvalue weighted by atomic mass is 10.1. The van der Waals surface area contributed by atoms with Crippen LogP contribution >= 0.6 is 0 Å². The number of rotatable bonds is 3. The average molecular weight is 375 g/mol. The lowest BCUT2D eigenvalue weighted by Crippen LogP contribution is -2.26. The normalized spacial score (nSPS) is 17.5. The first-order valence-electron chi connectivity index (χ1n) is 8.38. The molecule has 0 spiro atoms. The number of nitrogens with two attached hydrogens (primary N) is 1. The molecular formula is C18H16F3N5O. The molecule has 0 amide bonds. The Labute approximate surface area is 152 Å². The summed E-state index contributed by atoms with van der Waals surface area (Å²) in [6.07, 6.45) is -1.91. The van der Waals surface area contributed by atoms with Crippen LogP contribution in [0.2, 0.25) is 0 Å². The van der Waals surface area contributed by atoms with Crippen LogP contribution in [-0.4, -0.2) is 34.3 Å². The fourth-order valence-electron chi connectivity index (χ4n) is 2.99. The minimum absolute atomic E-state index is 0.0886. The van der Waals surface area contributed by atoms with Crippen LogP contribution in [0.1, 0.15) is 12.0 Å². The topological polar surface area (TPSA) is 81.1 Å². The Bertz CT molecular complexity index is 939. The molecule has 140 valence electrons. The van der Waals surface area contributed by atoms with Crippen LogP contribution in [0.25, 0.3) is 22.8 Å². The number of alkyl halides is 3. The third-order valence-electron chi connectivity index (χ3n) is 4.42. The van der Waals surface area contributed by atoms with Gasteiger partial charge >= 0.3 is 6.18 Å². The molecule has 1 aliphatic rings. The number of pyridine rings is 1. The van der Waals surface area contributed by atoms with E-state index in [4.69, 9.17) is 10.3 Å². The van der Waals surface area contributed by atoms with Crippen molar-refractivity contribution < 1.29 is 17.7 Å². The molecule has 0 radical (unpaired) electrons. The molecule has 6 nitrogen and oxygen atoms in total. The maximum Gasteiger partial charge on any atom is 0.416 e. The number of aromatic nitrogens is 3. The Balaban J connectivity index is 1.56. The Morgan fingerprint density at radius 2 is 2.00 bits per heavy atom. The van der Waals surface area contributed by atoms with Crippen LogP contribution < -0.4 is 10.6 Å². The van der Waals surface area contributed by atoms with E-state index in [-0.39, 0.29) is 23.3 Å². The fraction of sp³-hybridized carbons (Fsp3) is 0.278. The molecule has 27 heavy (non-hydrogen) atoms. The maximum atomic E-state index is 12.9. The first kappa shape index (κ1) is 17.5. The second kappa shape index (κ2) is 6.66. The zero-order valence-electron chi connectivity index (χ0n) is 14.1. The zero-order chi connectivity index (χ0) is 19.0. The number of halogens is 3. The summed E-state index contributed by atoms with van der Waals surface area (Å²) in [4.78, 5) is 10.7. The van der Waals surface area contributed by atoms with E-state index in [1.807, 2.05) is 6.07 Å². The molecule has 2 N–H and O–H groups in total. The van der Waals surface area contributed by atoms with Crippen molar-refractivity contribution in [1.82, 2.24) is 15.1 Å². The first-order valence-corrected chi connectivity index (χ1v) is 8.38. The zero-order valence-corrected chi connectivity index (χ0v) is 14.1. The van der Waals surface area contributed by atoms with Gasteiger partial charge in [-0.05, 0) is 30.7 Å². The predicted octanol–water partition coefficient (Wildman–Crippen LogP) is 3.35. The van der Waals surface area contributed by atoms with Gasteiger partial charge in [0.1, 0.15) is 5.82 Å². The van der Waals surface area contributed by atoms with Crippen molar-refractivity contribution in [2.75, 3.05) is 18.0 Å². The molecule has 1 unspecified atom stereocenters. The van der Waals surface area contributed by atoms with E-state index < -0.39 is 11.7 Å². The highest BCUT2D eigenvalue weighted by atomic mass is 19.4. The van der Waals surface area contributed by atoms with Crippen molar-refractivity contribution in [1.29, 1.82) is 0 Å². The number of anilines is 1. The van der Waals surface area contributed by atoms with E-state index in [9.17, 15) is 13.2 Å². The van der Waals surface area contributed by atoms with Crippen LogP contribution in [0, 0.1) is 0 Å². The third-order valence-corrected chi connectivity index (χ3v) is 4.42. The van der Waals surface area contributed by atoms with E-state index >= 15 is 0 Å². The van der Waals surface area contributed by atoms with Gasteiger partial charge in [0.05, 0.1) is 11.1 Å². The number of hydrogen-bond donors (Lipinski definition) is 1. The second-order valence-corrected chi connectivity index (χ2v) is 6.40. The van der Waals surface area contributed by atoms with E-state index in [0.29, 0.717) is 5.56 Å². The van der Waals surface area contributed by atoms with Gasteiger partial charge in [-0.1, -0.05) is 17.3 Å². The summed E-state index contributed by atoms with van der Waals surface area (Å²) in [5.74, 6) is 1.09. The van der Waals surface area contributed by atoms with Crippen molar-refractivity contribution in [2.24, 2.45) is 5.73 Å². The van der Waals surface area contributed by atoms with Crippen molar-refractivity contribution in [3.05, 3.63) is 48.2 Å². The Hall–Kier alpha value is -2.94. The molecule has 1 aliphatic heterocycles. The van der Waals surface area contributed by atoms with Crippen LogP contribution in [0.15, 0.2) is 47.1 Å². The van der Waals surface area contributed by atoms with E-state index in [2.05, 4.69) is 20.0 Å². The summed E-state index contributed by atoms with van der Waals surface area (Å²) < 4.78 is 43.8. The van der Waals surface area contributed by atoms with Gasteiger partial charge in [0.15, 0.2) is 0 Å². The molecule has 0 bridgehead atoms. The van der Waals surface area contributed by atoms with Gasteiger partial charge in [-0.3, -0.25) is 0 Å². The van der Waals surface area contributed by atoms with Crippen LogP contribution in [0.3, 0.4) is 0 Å². The molecule has 0 aliphatic carbocycles. The molecule has 1 atom stereocenters. The summed E-state index contributed by atoms with van der Waals surface area (Å²) in [7, 11) is 0. The average Bonchev–Trinajstić information content (AvgIpc) is 3.31. The number of nitrogens with zero attached hydrogens (tertiary/aromatic N) is 4. The van der Waals surface area contributed by atoms with Gasteiger partial charge in [-0.2, -0.15) is 18.2 Å². The van der Waals surface area contributed by atoms with Gasteiger partial charge in [0, 0.05) is 30.9 Å². The molecule has 3 aromatic rings. The van der Waals surface area contributed by atoms with Gasteiger partial charge in [0.2, 0.25) is 5.82 Å². The van der Waals surface area contributed by atoms with Crippen molar-refractivity contribution in [3.8, 4) is 22.8 Å². The summed E-state index contributed by atoms with van der Waals surface area (Å²) in [6.45, 7) is 1.61. The second-order valence-electron chi connectivity index (χ2n) is 6.40. The molecule has 0 saturated carbocycles. The van der Waals surface area contributed by atoms with Crippen LogP contribution in [-0.2, 0) is 6.18 Å². The maximum absolute atomic E-state index is 12.9. The molecule has 1 fully saturated rings. The van der Waals surface area contributed by atoms with Gasteiger partial charge < -0.3 is 15.2 Å².